The number of carboxylic acid groups (broad SMARTS) is 1. The number of alkyl halides is 3. The Labute approximate surface area is 191 Å². The molecule has 4 rings (SSSR count). The van der Waals surface area contributed by atoms with Gasteiger partial charge in [-0.2, -0.15) is 13.2 Å². The lowest BCUT2D eigenvalue weighted by atomic mass is 10.2. The maximum atomic E-state index is 12.8. The second-order valence-corrected chi connectivity index (χ2v) is 9.04. The van der Waals surface area contributed by atoms with Crippen LogP contribution in [0.3, 0.4) is 0 Å². The van der Waals surface area contributed by atoms with Gasteiger partial charge in [0.15, 0.2) is 0 Å². The molecule has 1 amide bonds. The molecule has 0 spiro atoms. The Bertz CT molecular complexity index is 1480. The van der Waals surface area contributed by atoms with Crippen LogP contribution >= 0.6 is 0 Å². The van der Waals surface area contributed by atoms with Crippen molar-refractivity contribution in [3.63, 3.8) is 0 Å². The van der Waals surface area contributed by atoms with Crippen molar-refractivity contribution in [3.05, 3.63) is 66.1 Å². The third-order valence-corrected chi connectivity index (χ3v) is 5.87. The minimum atomic E-state index is -5.08. The lowest BCUT2D eigenvalue weighted by Crippen LogP contribution is -2.27. The molecule has 0 aliphatic heterocycles. The molecule has 3 aromatic heterocycles. The predicted molar refractivity (Wildman–Crippen MR) is 118 cm³/mol. The molecule has 34 heavy (non-hydrogen) atoms. The van der Waals surface area contributed by atoms with Crippen molar-refractivity contribution >= 4 is 43.8 Å². The quantitative estimate of drug-likeness (QED) is 0.448. The summed E-state index contributed by atoms with van der Waals surface area (Å²) in [4.78, 5) is 25.6. The number of nitrogens with one attached hydrogen (secondary N) is 1. The Balaban J connectivity index is 0.000000406. The molecule has 13 heteroatoms. The van der Waals surface area contributed by atoms with E-state index in [0.717, 1.165) is 26.7 Å². The highest BCUT2D eigenvalue weighted by atomic mass is 32.2. The summed E-state index contributed by atoms with van der Waals surface area (Å²) in [5.41, 5.74) is 3.09. The summed E-state index contributed by atoms with van der Waals surface area (Å²) in [5, 5.41) is 10.7. The van der Waals surface area contributed by atoms with Gasteiger partial charge in [0, 0.05) is 31.4 Å². The van der Waals surface area contributed by atoms with E-state index in [9.17, 15) is 26.4 Å². The van der Waals surface area contributed by atoms with Crippen molar-refractivity contribution in [1.82, 2.24) is 18.8 Å². The third kappa shape index (κ3) is 5.03. The van der Waals surface area contributed by atoms with Gasteiger partial charge in [-0.25, -0.2) is 17.2 Å². The number of carboxylic acids is 1. The van der Waals surface area contributed by atoms with Crippen molar-refractivity contribution in [2.45, 2.75) is 12.7 Å². The summed E-state index contributed by atoms with van der Waals surface area (Å²) in [7, 11) is -1.83. The van der Waals surface area contributed by atoms with Crippen LogP contribution in [0.1, 0.15) is 16.1 Å². The second-order valence-electron chi connectivity index (χ2n) is 7.21. The fourth-order valence-corrected chi connectivity index (χ4v) is 4.37. The van der Waals surface area contributed by atoms with E-state index in [1.165, 1.54) is 0 Å². The Hall–Kier alpha value is -3.87. The van der Waals surface area contributed by atoms with Gasteiger partial charge in [-0.05, 0) is 29.8 Å². The van der Waals surface area contributed by atoms with E-state index in [1.54, 1.807) is 30.6 Å². The van der Waals surface area contributed by atoms with E-state index >= 15 is 0 Å². The first-order valence-corrected chi connectivity index (χ1v) is 11.4. The van der Waals surface area contributed by atoms with Crippen LogP contribution in [-0.2, 0) is 28.4 Å². The number of hydrogen-bond acceptors (Lipinski definition) is 5. The number of rotatable bonds is 4. The summed E-state index contributed by atoms with van der Waals surface area (Å²) in [6.45, 7) is 0.285. The maximum Gasteiger partial charge on any atom is 0.490 e. The average molecular weight is 496 g/mol. The number of para-hydroxylation sites is 1. The van der Waals surface area contributed by atoms with Crippen molar-refractivity contribution in [2.24, 2.45) is 7.05 Å². The lowest BCUT2D eigenvalue weighted by molar-refractivity contribution is -0.192. The molecule has 0 unspecified atom stereocenters. The third-order valence-electron chi connectivity index (χ3n) is 4.83. The number of nitrogens with zero attached hydrogens (tertiary/aromatic N) is 3. The molecule has 0 aliphatic rings. The molecular weight excluding hydrogens is 477 g/mol. The normalized spacial score (nSPS) is 11.8. The molecule has 0 bridgehead atoms. The van der Waals surface area contributed by atoms with Gasteiger partial charge in [0.05, 0.1) is 22.8 Å². The number of amides is 1. The number of halogens is 3. The number of carbonyl (C=O) groups excluding carboxylic acids is 1. The minimum absolute atomic E-state index is 0.0953. The van der Waals surface area contributed by atoms with Crippen molar-refractivity contribution in [1.29, 1.82) is 0 Å². The second kappa shape index (κ2) is 9.17. The van der Waals surface area contributed by atoms with Crippen LogP contribution < -0.4 is 5.32 Å². The molecule has 0 radical (unpaired) electrons. The SMILES string of the molecule is Cn1c2ccccc2c2c1cc(C(=O)NCc1ccncc1)n2S(C)(=O)=O.O=C(O)C(F)(F)F. The molecular formula is C21H19F3N4O5S. The number of aryl methyl sites for hydroxylation is 1. The highest BCUT2D eigenvalue weighted by Gasteiger charge is 2.38. The number of benzene rings is 1. The molecule has 0 fully saturated rings. The average Bonchev–Trinajstić information content (AvgIpc) is 3.29. The highest BCUT2D eigenvalue weighted by molar-refractivity contribution is 7.89. The van der Waals surface area contributed by atoms with Crippen molar-refractivity contribution in [2.75, 3.05) is 6.26 Å². The van der Waals surface area contributed by atoms with Crippen LogP contribution in [0.5, 0.6) is 0 Å². The first-order chi connectivity index (χ1) is 15.8. The maximum absolute atomic E-state index is 12.8. The standard InChI is InChI=1S/C19H18N4O3S.C2HF3O2/c1-22-15-6-4-3-5-14(15)18-16(22)11-17(23(18)27(2,25)26)19(24)21-12-13-7-9-20-10-8-13;3-2(4,5)1(6)7/h3-11H,12H2,1-2H3,(H,21,24);(H,6,7). The number of pyridine rings is 1. The zero-order valence-electron chi connectivity index (χ0n) is 17.9. The van der Waals surface area contributed by atoms with Crippen molar-refractivity contribution < 1.29 is 36.3 Å². The van der Waals surface area contributed by atoms with E-state index in [2.05, 4.69) is 10.3 Å². The van der Waals surface area contributed by atoms with Crippen LogP contribution in [0.4, 0.5) is 13.2 Å². The first kappa shape index (κ1) is 24.8. The minimum Gasteiger partial charge on any atom is -0.475 e. The fourth-order valence-electron chi connectivity index (χ4n) is 3.36. The van der Waals surface area contributed by atoms with Gasteiger partial charge in [-0.15, -0.1) is 0 Å². The van der Waals surface area contributed by atoms with Gasteiger partial charge in [0.2, 0.25) is 10.0 Å². The molecule has 0 aliphatic carbocycles. The molecule has 0 atom stereocenters. The Morgan fingerprint density at radius 2 is 1.68 bits per heavy atom. The van der Waals surface area contributed by atoms with Crippen LogP contribution in [0.15, 0.2) is 54.9 Å². The summed E-state index contributed by atoms with van der Waals surface area (Å²) >= 11 is 0. The molecule has 0 saturated heterocycles. The Kier molecular flexibility index (Phi) is 6.68. The molecule has 180 valence electrons. The molecule has 4 aromatic rings. The zero-order chi connectivity index (χ0) is 25.3. The fraction of sp³-hybridized carbons (Fsp3) is 0.190. The van der Waals surface area contributed by atoms with Gasteiger partial charge in [0.1, 0.15) is 5.69 Å². The van der Waals surface area contributed by atoms with Gasteiger partial charge in [-0.1, -0.05) is 18.2 Å². The van der Waals surface area contributed by atoms with E-state index in [0.29, 0.717) is 11.0 Å². The zero-order valence-corrected chi connectivity index (χ0v) is 18.7. The number of fused-ring (bicyclic) bond motifs is 3. The van der Waals surface area contributed by atoms with Gasteiger partial charge >= 0.3 is 12.1 Å². The number of aliphatic carboxylic acids is 1. The molecule has 1 aromatic carbocycles. The molecule has 3 heterocycles. The van der Waals surface area contributed by atoms with E-state index < -0.39 is 28.1 Å². The number of aromatic nitrogens is 3. The van der Waals surface area contributed by atoms with E-state index in [1.807, 2.05) is 35.9 Å². The first-order valence-electron chi connectivity index (χ1n) is 9.59. The smallest absolute Gasteiger partial charge is 0.475 e. The molecule has 2 N–H and O–H groups in total. The number of hydrogen-bond donors (Lipinski definition) is 2. The summed E-state index contributed by atoms with van der Waals surface area (Å²) in [6, 6.07) is 12.7. The van der Waals surface area contributed by atoms with Gasteiger partial charge in [-0.3, -0.25) is 9.78 Å². The van der Waals surface area contributed by atoms with Gasteiger partial charge < -0.3 is 15.0 Å². The summed E-state index contributed by atoms with van der Waals surface area (Å²) in [6.07, 6.45) is -0.698. The topological polar surface area (TPSA) is 123 Å². The van der Waals surface area contributed by atoms with Crippen LogP contribution in [0.25, 0.3) is 21.9 Å². The monoisotopic (exact) mass is 496 g/mol. The summed E-state index contributed by atoms with van der Waals surface area (Å²) in [5.74, 6) is -3.20. The largest absolute Gasteiger partial charge is 0.490 e. The lowest BCUT2D eigenvalue weighted by Gasteiger charge is -2.09. The predicted octanol–water partition coefficient (Wildman–Crippen LogP) is 2.90. The van der Waals surface area contributed by atoms with Crippen molar-refractivity contribution in [3.8, 4) is 0 Å². The number of carbonyl (C=O) groups is 2. The Morgan fingerprint density at radius 1 is 1.09 bits per heavy atom. The highest BCUT2D eigenvalue weighted by Crippen LogP contribution is 2.32. The van der Waals surface area contributed by atoms with Crippen LogP contribution in [0.2, 0.25) is 0 Å². The van der Waals surface area contributed by atoms with Crippen LogP contribution in [0, 0.1) is 0 Å². The Morgan fingerprint density at radius 3 is 2.24 bits per heavy atom. The molecule has 9 nitrogen and oxygen atoms in total. The van der Waals surface area contributed by atoms with Crippen LogP contribution in [-0.4, -0.2) is 51.4 Å². The van der Waals surface area contributed by atoms with E-state index in [4.69, 9.17) is 9.90 Å². The molecule has 0 saturated carbocycles. The van der Waals surface area contributed by atoms with Gasteiger partial charge in [0.25, 0.3) is 5.91 Å². The van der Waals surface area contributed by atoms with E-state index in [-0.39, 0.29) is 12.2 Å². The summed E-state index contributed by atoms with van der Waals surface area (Å²) < 4.78 is 59.8.